The van der Waals surface area contributed by atoms with Crippen LogP contribution < -0.4 is 27.8 Å². The van der Waals surface area contributed by atoms with Crippen molar-refractivity contribution in [1.82, 2.24) is 15.5 Å². The molecule has 0 aliphatic carbocycles. The molecule has 1 aliphatic rings. The summed E-state index contributed by atoms with van der Waals surface area (Å²) in [5, 5.41) is 13.5. The number of guanidine groups is 1. The summed E-state index contributed by atoms with van der Waals surface area (Å²) < 4.78 is 0. The molecule has 172 valence electrons. The van der Waals surface area contributed by atoms with Crippen molar-refractivity contribution in [3.8, 4) is 0 Å². The Bertz CT molecular complexity index is 751. The number of aliphatic carboxylic acids is 1. The van der Waals surface area contributed by atoms with Gasteiger partial charge >= 0.3 is 5.97 Å². The quantitative estimate of drug-likeness (QED) is 0.0538. The lowest BCUT2D eigenvalue weighted by molar-refractivity contribution is -0.145. The van der Waals surface area contributed by atoms with Gasteiger partial charge in [-0.05, 0) is 25.7 Å². The molecule has 0 bridgehead atoms. The predicted molar refractivity (Wildman–Crippen MR) is 106 cm³/mol. The van der Waals surface area contributed by atoms with Crippen LogP contribution in [0.5, 0.6) is 0 Å². The Kier molecular flexibility index (Phi) is 9.88. The van der Waals surface area contributed by atoms with Crippen LogP contribution in [0, 0.1) is 0 Å². The number of hydrogen-bond donors (Lipinski definition) is 6. The Labute approximate surface area is 177 Å². The molecule has 0 saturated carbocycles. The van der Waals surface area contributed by atoms with E-state index in [9.17, 15) is 28.8 Å². The summed E-state index contributed by atoms with van der Waals surface area (Å²) in [4.78, 5) is 75.4. The van der Waals surface area contributed by atoms with Crippen molar-refractivity contribution in [2.75, 3.05) is 13.1 Å². The summed E-state index contributed by atoms with van der Waals surface area (Å²) in [5.74, 6) is -5.49. The number of likely N-dealkylation sites (tertiary alicyclic amines) is 1. The highest BCUT2D eigenvalue weighted by Crippen LogP contribution is 2.20. The second kappa shape index (κ2) is 12.1. The van der Waals surface area contributed by atoms with E-state index in [2.05, 4.69) is 15.6 Å². The molecule has 0 aromatic rings. The van der Waals surface area contributed by atoms with Gasteiger partial charge in [0.25, 0.3) is 5.91 Å². The lowest BCUT2D eigenvalue weighted by atomic mass is 10.1. The molecule has 0 radical (unpaired) electrons. The minimum Gasteiger partial charge on any atom is -0.481 e. The highest BCUT2D eigenvalue weighted by atomic mass is 16.4. The largest absolute Gasteiger partial charge is 0.481 e. The molecule has 31 heavy (non-hydrogen) atoms. The fourth-order valence-electron chi connectivity index (χ4n) is 3.19. The van der Waals surface area contributed by atoms with Gasteiger partial charge in [-0.2, -0.15) is 0 Å². The number of carboxylic acid groups (broad SMARTS) is 1. The number of nitrogens with zero attached hydrogens (tertiary/aromatic N) is 2. The van der Waals surface area contributed by atoms with Gasteiger partial charge in [-0.1, -0.05) is 0 Å². The van der Waals surface area contributed by atoms with Gasteiger partial charge in [0.2, 0.25) is 24.0 Å². The lowest BCUT2D eigenvalue weighted by Crippen LogP contribution is -2.55. The molecule has 9 N–H and O–H groups in total. The standard InChI is InChI=1S/C17H27N7O7/c18-14(29)13(28)10(7-12(26)27)23-15(30)11-4-2-6-24(11)16(31)9(22-8-25)3-1-5-21-17(19)20/h8-11H,1-7H2,(H2,18,29)(H,22,25)(H,23,30)(H,26,27)(H4,19,20,21)/t9-,10-,11-/m0/s1. The van der Waals surface area contributed by atoms with Crippen molar-refractivity contribution in [3.05, 3.63) is 0 Å². The van der Waals surface area contributed by atoms with Crippen molar-refractivity contribution in [1.29, 1.82) is 0 Å². The Morgan fingerprint density at radius 1 is 1.16 bits per heavy atom. The van der Waals surface area contributed by atoms with Crippen LogP contribution >= 0.6 is 0 Å². The molecule has 0 unspecified atom stereocenters. The van der Waals surface area contributed by atoms with E-state index in [4.69, 9.17) is 22.3 Å². The number of Topliss-reactive ketones (excluding diaryl/α,β-unsaturated/α-hetero) is 1. The first-order valence-corrected chi connectivity index (χ1v) is 9.49. The van der Waals surface area contributed by atoms with Crippen LogP contribution in [0.3, 0.4) is 0 Å². The van der Waals surface area contributed by atoms with Crippen LogP contribution in [0.15, 0.2) is 4.99 Å². The van der Waals surface area contributed by atoms with Crippen LogP contribution in [0.1, 0.15) is 32.1 Å². The van der Waals surface area contributed by atoms with E-state index in [1.807, 2.05) is 0 Å². The monoisotopic (exact) mass is 441 g/mol. The van der Waals surface area contributed by atoms with E-state index in [0.717, 1.165) is 0 Å². The predicted octanol–water partition coefficient (Wildman–Crippen LogP) is -3.84. The van der Waals surface area contributed by atoms with Crippen molar-refractivity contribution < 1.29 is 33.9 Å². The first-order valence-electron chi connectivity index (χ1n) is 9.49. The maximum absolute atomic E-state index is 12.9. The summed E-state index contributed by atoms with van der Waals surface area (Å²) >= 11 is 0. The average molecular weight is 441 g/mol. The zero-order chi connectivity index (χ0) is 23.6. The topological polar surface area (TPSA) is 240 Å². The number of hydrogen-bond acceptors (Lipinski definition) is 7. The van der Waals surface area contributed by atoms with Gasteiger partial charge in [0.05, 0.1) is 6.42 Å². The molecule has 1 aliphatic heterocycles. The number of nitrogens with one attached hydrogen (secondary N) is 2. The lowest BCUT2D eigenvalue weighted by Gasteiger charge is -2.29. The fraction of sp³-hybridized carbons (Fsp3) is 0.588. The number of aliphatic imine (C=N–C) groups is 1. The molecule has 1 saturated heterocycles. The van der Waals surface area contributed by atoms with E-state index in [1.54, 1.807) is 0 Å². The number of amides is 4. The Hall–Kier alpha value is -3.71. The minimum absolute atomic E-state index is 0.107. The van der Waals surface area contributed by atoms with Crippen molar-refractivity contribution in [2.24, 2.45) is 22.2 Å². The smallest absolute Gasteiger partial charge is 0.305 e. The molecule has 1 rings (SSSR count). The molecule has 1 heterocycles. The number of primary amides is 1. The number of rotatable bonds is 13. The number of ketones is 1. The molecule has 4 amide bonds. The summed E-state index contributed by atoms with van der Waals surface area (Å²) in [6, 6.07) is -3.58. The van der Waals surface area contributed by atoms with E-state index in [-0.39, 0.29) is 31.9 Å². The van der Waals surface area contributed by atoms with Gasteiger partial charge in [-0.15, -0.1) is 0 Å². The maximum atomic E-state index is 12.9. The molecule has 0 spiro atoms. The number of nitrogens with two attached hydrogens (primary N) is 3. The number of carboxylic acids is 1. The molecule has 0 aromatic carbocycles. The first-order chi connectivity index (χ1) is 14.6. The Morgan fingerprint density at radius 3 is 2.39 bits per heavy atom. The van der Waals surface area contributed by atoms with E-state index < -0.39 is 54.0 Å². The first kappa shape index (κ1) is 25.3. The molecule has 0 aromatic heterocycles. The summed E-state index contributed by atoms with van der Waals surface area (Å²) in [5.41, 5.74) is 15.4. The zero-order valence-electron chi connectivity index (χ0n) is 16.8. The Morgan fingerprint density at radius 2 is 1.84 bits per heavy atom. The maximum Gasteiger partial charge on any atom is 0.305 e. The summed E-state index contributed by atoms with van der Waals surface area (Å²) in [6.07, 6.45) is 0.842. The molecule has 3 atom stereocenters. The second-order valence-corrected chi connectivity index (χ2v) is 6.86. The molecule has 14 nitrogen and oxygen atoms in total. The highest BCUT2D eigenvalue weighted by molar-refractivity contribution is 6.38. The van der Waals surface area contributed by atoms with Crippen LogP contribution in [0.25, 0.3) is 0 Å². The van der Waals surface area contributed by atoms with Crippen molar-refractivity contribution >= 4 is 41.8 Å². The third-order valence-corrected chi connectivity index (χ3v) is 4.61. The second-order valence-electron chi connectivity index (χ2n) is 6.86. The summed E-state index contributed by atoms with van der Waals surface area (Å²) in [7, 11) is 0. The van der Waals surface area contributed by atoms with Crippen LogP contribution in [0.4, 0.5) is 0 Å². The van der Waals surface area contributed by atoms with Crippen LogP contribution in [-0.4, -0.2) is 83.1 Å². The number of carbonyl (C=O) groups is 6. The molecular weight excluding hydrogens is 414 g/mol. The SMILES string of the molecule is NC(=O)C(=O)[C@H](CC(=O)O)NC(=O)[C@@H]1CCCN1C(=O)[C@H](CCCN=C(N)N)NC=O. The third kappa shape index (κ3) is 7.91. The van der Waals surface area contributed by atoms with Gasteiger partial charge in [0.1, 0.15) is 18.1 Å². The average Bonchev–Trinajstić information content (AvgIpc) is 3.18. The van der Waals surface area contributed by atoms with E-state index in [1.165, 1.54) is 4.90 Å². The van der Waals surface area contributed by atoms with Crippen molar-refractivity contribution in [3.63, 3.8) is 0 Å². The molecule has 1 fully saturated rings. The highest BCUT2D eigenvalue weighted by Gasteiger charge is 2.39. The van der Waals surface area contributed by atoms with Gasteiger partial charge in [0, 0.05) is 13.1 Å². The van der Waals surface area contributed by atoms with Crippen molar-refractivity contribution in [2.45, 2.75) is 50.2 Å². The van der Waals surface area contributed by atoms with Crippen LogP contribution in [-0.2, 0) is 28.8 Å². The van der Waals surface area contributed by atoms with E-state index >= 15 is 0 Å². The summed E-state index contributed by atoms with van der Waals surface area (Å²) in [6.45, 7) is 0.456. The van der Waals surface area contributed by atoms with Gasteiger partial charge < -0.3 is 37.8 Å². The van der Waals surface area contributed by atoms with Gasteiger partial charge in [-0.25, -0.2) is 0 Å². The minimum atomic E-state index is -1.65. The van der Waals surface area contributed by atoms with Gasteiger partial charge in [0.15, 0.2) is 5.96 Å². The fourth-order valence-corrected chi connectivity index (χ4v) is 3.19. The third-order valence-electron chi connectivity index (χ3n) is 4.61. The Balaban J connectivity index is 2.88. The normalized spacial score (nSPS) is 17.2. The number of carbonyl (C=O) groups excluding carboxylic acids is 5. The van der Waals surface area contributed by atoms with E-state index in [0.29, 0.717) is 19.3 Å². The van der Waals surface area contributed by atoms with Gasteiger partial charge in [-0.3, -0.25) is 33.8 Å². The zero-order valence-corrected chi connectivity index (χ0v) is 16.8. The molecule has 14 heteroatoms. The van der Waals surface area contributed by atoms with Crippen LogP contribution in [0.2, 0.25) is 0 Å². The molecular formula is C17H27N7O7.